The van der Waals surface area contributed by atoms with E-state index in [0.717, 1.165) is 0 Å². The van der Waals surface area contributed by atoms with Crippen LogP contribution >= 0.6 is 0 Å². The molecule has 1 aliphatic rings. The minimum Gasteiger partial charge on any atom is -0.444 e. The number of halogens is 2. The van der Waals surface area contributed by atoms with E-state index in [2.05, 4.69) is 4.74 Å². The second kappa shape index (κ2) is 2.82. The van der Waals surface area contributed by atoms with E-state index in [-0.39, 0.29) is 4.90 Å². The fourth-order valence-corrected chi connectivity index (χ4v) is 0.680. The van der Waals surface area contributed by atoms with Crippen LogP contribution in [0.15, 0.2) is 0 Å². The van der Waals surface area contributed by atoms with E-state index in [1.807, 2.05) is 0 Å². The molecule has 5 heteroatoms. The van der Waals surface area contributed by atoms with E-state index in [1.165, 1.54) is 20.8 Å². The molecule has 1 fully saturated rings. The van der Waals surface area contributed by atoms with Gasteiger partial charge in [-0.15, -0.1) is 0 Å². The lowest BCUT2D eigenvalue weighted by Gasteiger charge is -2.39. The van der Waals surface area contributed by atoms with Crippen LogP contribution in [0.4, 0.5) is 13.6 Å². The van der Waals surface area contributed by atoms with Crippen LogP contribution in [0.25, 0.3) is 0 Å². The number of alkyl halides is 2. The summed E-state index contributed by atoms with van der Waals surface area (Å²) in [5.74, 6) is -4.27. The second-order valence-electron chi connectivity index (χ2n) is 3.61. The average molecular weight is 197 g/mol. The lowest BCUT2D eigenvalue weighted by molar-refractivity contribution is -0.126. The SMILES string of the molecule is [2H]C1([2H])N(C(=O)OC(C)(C)C)C([2H])([2H])C1(F)F. The van der Waals surface area contributed by atoms with Crippen molar-refractivity contribution in [1.29, 1.82) is 0 Å². The van der Waals surface area contributed by atoms with Crippen LogP contribution in [0.3, 0.4) is 0 Å². The molecule has 0 saturated carbocycles. The molecule has 0 radical (unpaired) electrons. The Balaban J connectivity index is 2.97. The Labute approximate surface area is 81.3 Å². The number of hydrogen-bond acceptors (Lipinski definition) is 2. The summed E-state index contributed by atoms with van der Waals surface area (Å²) in [6, 6.07) is 0. The van der Waals surface area contributed by atoms with Crippen molar-refractivity contribution < 1.29 is 23.8 Å². The van der Waals surface area contributed by atoms with Crippen LogP contribution in [0, 0.1) is 0 Å². The fourth-order valence-electron chi connectivity index (χ4n) is 0.680. The zero-order chi connectivity index (χ0) is 13.9. The molecule has 76 valence electrons. The lowest BCUT2D eigenvalue weighted by atomic mass is 10.1. The summed E-state index contributed by atoms with van der Waals surface area (Å²) < 4.78 is 59.0. The van der Waals surface area contributed by atoms with Crippen LogP contribution in [0.1, 0.15) is 26.3 Å². The van der Waals surface area contributed by atoms with Crippen LogP contribution in [-0.2, 0) is 4.74 Å². The van der Waals surface area contributed by atoms with Crippen LogP contribution in [-0.4, -0.2) is 35.5 Å². The summed E-state index contributed by atoms with van der Waals surface area (Å²) in [6.07, 6.45) is -1.45. The first-order valence-corrected chi connectivity index (χ1v) is 3.66. The Morgan fingerprint density at radius 2 is 2.00 bits per heavy atom. The van der Waals surface area contributed by atoms with E-state index in [4.69, 9.17) is 5.48 Å². The molecular formula is C8H13F2NO2. The molecule has 13 heavy (non-hydrogen) atoms. The van der Waals surface area contributed by atoms with E-state index < -0.39 is 30.6 Å². The van der Waals surface area contributed by atoms with Crippen molar-refractivity contribution in [1.82, 2.24) is 4.90 Å². The highest BCUT2D eigenvalue weighted by Gasteiger charge is 2.47. The Bertz CT molecular complexity index is 336. The van der Waals surface area contributed by atoms with Crippen molar-refractivity contribution in [2.75, 3.05) is 13.0 Å². The highest BCUT2D eigenvalue weighted by atomic mass is 19.3. The zero-order valence-corrected chi connectivity index (χ0v) is 7.52. The van der Waals surface area contributed by atoms with Crippen LogP contribution in [0.2, 0.25) is 0 Å². The van der Waals surface area contributed by atoms with Gasteiger partial charge in [0.25, 0.3) is 5.92 Å². The monoisotopic (exact) mass is 197 g/mol. The molecule has 0 aromatic carbocycles. The van der Waals surface area contributed by atoms with Crippen molar-refractivity contribution in [3.63, 3.8) is 0 Å². The van der Waals surface area contributed by atoms with Gasteiger partial charge in [0.1, 0.15) is 5.60 Å². The molecule has 1 saturated heterocycles. The molecule has 0 aromatic heterocycles. The molecule has 1 heterocycles. The molecule has 3 nitrogen and oxygen atoms in total. The second-order valence-corrected chi connectivity index (χ2v) is 3.61. The van der Waals surface area contributed by atoms with Gasteiger partial charge in [-0.3, -0.25) is 4.90 Å². The van der Waals surface area contributed by atoms with Gasteiger partial charge >= 0.3 is 6.09 Å². The van der Waals surface area contributed by atoms with Gasteiger partial charge in [-0.2, -0.15) is 0 Å². The number of ether oxygens (including phenoxy) is 1. The van der Waals surface area contributed by atoms with Gasteiger partial charge in [0.2, 0.25) is 0 Å². The van der Waals surface area contributed by atoms with Crippen molar-refractivity contribution in [2.45, 2.75) is 32.3 Å². The Morgan fingerprint density at radius 3 is 2.38 bits per heavy atom. The highest BCUT2D eigenvalue weighted by Crippen LogP contribution is 2.27. The largest absolute Gasteiger partial charge is 0.444 e. The van der Waals surface area contributed by atoms with E-state index in [9.17, 15) is 13.6 Å². The zero-order valence-electron chi connectivity index (χ0n) is 11.5. The molecule has 1 rings (SSSR count). The molecule has 0 atom stereocenters. The molecule has 1 aliphatic heterocycles. The minimum absolute atomic E-state index is 0.217. The number of carbonyl (C=O) groups excluding carboxylic acids is 1. The molecular weight excluding hydrogens is 180 g/mol. The first-order chi connectivity index (χ1) is 7.25. The Morgan fingerprint density at radius 1 is 1.54 bits per heavy atom. The number of nitrogens with zero attached hydrogens (tertiary/aromatic N) is 1. The molecule has 0 spiro atoms. The molecule has 0 bridgehead atoms. The third-order valence-corrected chi connectivity index (χ3v) is 1.08. The Hall–Kier alpha value is -0.870. The number of hydrogen-bond donors (Lipinski definition) is 0. The first-order valence-electron chi connectivity index (χ1n) is 5.66. The lowest BCUT2D eigenvalue weighted by Crippen LogP contribution is -2.59. The van der Waals surface area contributed by atoms with Crippen LogP contribution < -0.4 is 0 Å². The summed E-state index contributed by atoms with van der Waals surface area (Å²) in [5.41, 5.74) is -1.02. The fraction of sp³-hybridized carbons (Fsp3) is 0.875. The minimum atomic E-state index is -4.27. The van der Waals surface area contributed by atoms with Crippen LogP contribution in [0.5, 0.6) is 0 Å². The van der Waals surface area contributed by atoms with E-state index in [1.54, 1.807) is 0 Å². The molecule has 0 aromatic rings. The quantitative estimate of drug-likeness (QED) is 0.593. The van der Waals surface area contributed by atoms with Crippen molar-refractivity contribution in [2.24, 2.45) is 0 Å². The number of rotatable bonds is 0. The third-order valence-electron chi connectivity index (χ3n) is 1.08. The van der Waals surface area contributed by atoms with E-state index >= 15 is 0 Å². The maximum Gasteiger partial charge on any atom is 0.410 e. The smallest absolute Gasteiger partial charge is 0.410 e. The summed E-state index contributed by atoms with van der Waals surface area (Å²) in [5, 5.41) is 0. The van der Waals surface area contributed by atoms with Crippen molar-refractivity contribution in [3.8, 4) is 0 Å². The topological polar surface area (TPSA) is 29.5 Å². The highest BCUT2D eigenvalue weighted by molar-refractivity contribution is 5.69. The summed E-state index contributed by atoms with van der Waals surface area (Å²) >= 11 is 0. The van der Waals surface area contributed by atoms with Crippen molar-refractivity contribution in [3.05, 3.63) is 0 Å². The Kier molecular flexibility index (Phi) is 1.25. The maximum absolute atomic E-state index is 13.1. The standard InChI is InChI=1S/C8H13F2NO2/c1-7(2,3)13-6(12)11-4-8(9,10)5-11/h4-5H2,1-3H3/i4D2,5D2. The summed E-state index contributed by atoms with van der Waals surface area (Å²) in [4.78, 5) is 11.2. The maximum atomic E-state index is 13.1. The van der Waals surface area contributed by atoms with Crippen molar-refractivity contribution >= 4 is 6.09 Å². The average Bonchev–Trinajstić information content (AvgIpc) is 1.97. The first kappa shape index (κ1) is 5.78. The number of likely N-dealkylation sites (tertiary alicyclic amines) is 1. The van der Waals surface area contributed by atoms with Gasteiger partial charge in [-0.25, -0.2) is 13.6 Å². The summed E-state index contributed by atoms with van der Waals surface area (Å²) in [6.45, 7) is -2.38. The van der Waals surface area contributed by atoms with Gasteiger partial charge < -0.3 is 4.74 Å². The predicted molar refractivity (Wildman–Crippen MR) is 42.8 cm³/mol. The van der Waals surface area contributed by atoms with Gasteiger partial charge in [0.15, 0.2) is 0 Å². The molecule has 0 unspecified atom stereocenters. The molecule has 0 N–H and O–H groups in total. The molecule has 1 amide bonds. The molecule has 0 aliphatic carbocycles. The number of amides is 1. The summed E-state index contributed by atoms with van der Waals surface area (Å²) in [7, 11) is 0. The van der Waals surface area contributed by atoms with Gasteiger partial charge in [-0.1, -0.05) is 0 Å². The van der Waals surface area contributed by atoms with Gasteiger partial charge in [0, 0.05) is 0 Å². The predicted octanol–water partition coefficient (Wildman–Crippen LogP) is 1.87. The van der Waals surface area contributed by atoms with Gasteiger partial charge in [0.05, 0.1) is 18.5 Å². The number of carbonyl (C=O) groups is 1. The van der Waals surface area contributed by atoms with Gasteiger partial charge in [-0.05, 0) is 20.8 Å². The third kappa shape index (κ3) is 2.82. The van der Waals surface area contributed by atoms with E-state index in [0.29, 0.717) is 0 Å². The normalized spacial score (nSPS) is 33.2.